The Morgan fingerprint density at radius 2 is 1.41 bits per heavy atom. The molecule has 0 aliphatic carbocycles. The van der Waals surface area contributed by atoms with Crippen LogP contribution in [0.2, 0.25) is 0 Å². The molecule has 2 rings (SSSR count). The zero-order valence-corrected chi connectivity index (χ0v) is 19.6. The van der Waals surface area contributed by atoms with Gasteiger partial charge in [-0.3, -0.25) is 4.99 Å². The molecule has 0 fully saturated rings. The van der Waals surface area contributed by atoms with Crippen molar-refractivity contribution >= 4 is 23.1 Å². The van der Waals surface area contributed by atoms with Gasteiger partial charge in [-0.1, -0.05) is 64.1 Å². The molecule has 1 heterocycles. The lowest BCUT2D eigenvalue weighted by molar-refractivity contribution is 0.469. The van der Waals surface area contributed by atoms with Crippen molar-refractivity contribution in [2.75, 3.05) is 0 Å². The standard InChI is InChI=1S/C21H25N3.C5H12/c1-14(2)21(17(5)22)20-9-7-19(8-10-20)16(4)18(6)24-12-11-23-13-15(24)3;1-5(2,3)4/h7-13,22H,3H2,1-2,4-6H3;1-4H3/b18-16+,22-17?;. The maximum absolute atomic E-state index is 7.98. The summed E-state index contributed by atoms with van der Waals surface area (Å²) in [7, 11) is 0. The van der Waals surface area contributed by atoms with E-state index in [1.807, 2.05) is 31.9 Å². The second kappa shape index (κ2) is 10.2. The predicted molar refractivity (Wildman–Crippen MR) is 130 cm³/mol. The largest absolute Gasteiger partial charge is 0.318 e. The first kappa shape index (κ1) is 24.4. The van der Waals surface area contributed by atoms with Gasteiger partial charge in [-0.25, -0.2) is 0 Å². The molecule has 1 aliphatic heterocycles. The smallest absolute Gasteiger partial charge is 0.0563 e. The van der Waals surface area contributed by atoms with Gasteiger partial charge in [0.1, 0.15) is 0 Å². The SMILES string of the molecule is C=C1C=NC=CN1/C(C)=C(\C)c1ccc(C(C(C)=N)=C(C)C)cc1.CC(C)(C)C. The Morgan fingerprint density at radius 1 is 0.931 bits per heavy atom. The maximum atomic E-state index is 7.98. The van der Waals surface area contributed by atoms with Crippen molar-refractivity contribution in [3.8, 4) is 0 Å². The minimum atomic E-state index is 0.500. The lowest BCUT2D eigenvalue weighted by atomic mass is 9.95. The zero-order valence-electron chi connectivity index (χ0n) is 19.6. The molecule has 0 unspecified atom stereocenters. The first-order valence-electron chi connectivity index (χ1n) is 10.0. The van der Waals surface area contributed by atoms with Crippen LogP contribution < -0.4 is 0 Å². The Hall–Kier alpha value is -2.68. The van der Waals surface area contributed by atoms with E-state index in [0.29, 0.717) is 11.1 Å². The molecule has 1 aromatic carbocycles. The normalized spacial score (nSPS) is 14.1. The van der Waals surface area contributed by atoms with E-state index in [-0.39, 0.29) is 0 Å². The topological polar surface area (TPSA) is 39.5 Å². The van der Waals surface area contributed by atoms with Crippen molar-refractivity contribution < 1.29 is 0 Å². The first-order valence-corrected chi connectivity index (χ1v) is 10.0. The van der Waals surface area contributed by atoms with Gasteiger partial charge in [0.25, 0.3) is 0 Å². The summed E-state index contributed by atoms with van der Waals surface area (Å²) < 4.78 is 0. The Balaban J connectivity index is 0.000000749. The third-order valence-electron chi connectivity index (χ3n) is 4.22. The van der Waals surface area contributed by atoms with Crippen LogP contribution in [0.1, 0.15) is 73.4 Å². The molecule has 156 valence electrons. The Kier molecular flexibility index (Phi) is 8.57. The van der Waals surface area contributed by atoms with Gasteiger partial charge < -0.3 is 10.3 Å². The Morgan fingerprint density at radius 3 is 1.83 bits per heavy atom. The summed E-state index contributed by atoms with van der Waals surface area (Å²) in [5, 5.41) is 7.98. The van der Waals surface area contributed by atoms with Gasteiger partial charge in [0, 0.05) is 29.4 Å². The zero-order chi connectivity index (χ0) is 22.4. The van der Waals surface area contributed by atoms with Crippen LogP contribution in [0.15, 0.2) is 65.2 Å². The second-order valence-electron chi connectivity index (χ2n) is 9.23. The molecule has 3 nitrogen and oxygen atoms in total. The molecular weight excluding hydrogens is 354 g/mol. The van der Waals surface area contributed by atoms with Crippen LogP contribution in [-0.2, 0) is 0 Å². The molecule has 0 bridgehead atoms. The molecule has 1 aromatic rings. The fourth-order valence-corrected chi connectivity index (χ4v) is 2.88. The molecule has 0 spiro atoms. The quantitative estimate of drug-likeness (QED) is 0.525. The van der Waals surface area contributed by atoms with Gasteiger partial charge in [0.15, 0.2) is 0 Å². The van der Waals surface area contributed by atoms with Gasteiger partial charge in [-0.15, -0.1) is 0 Å². The van der Waals surface area contributed by atoms with Crippen LogP contribution in [0.4, 0.5) is 0 Å². The van der Waals surface area contributed by atoms with Crippen molar-refractivity contribution in [3.63, 3.8) is 0 Å². The number of allylic oxidation sites excluding steroid dienone is 5. The maximum Gasteiger partial charge on any atom is 0.0563 e. The minimum absolute atomic E-state index is 0.500. The second-order valence-corrected chi connectivity index (χ2v) is 9.23. The molecule has 0 saturated carbocycles. The summed E-state index contributed by atoms with van der Waals surface area (Å²) in [6.07, 6.45) is 5.45. The van der Waals surface area contributed by atoms with Crippen LogP contribution in [0.3, 0.4) is 0 Å². The number of hydrogen-bond donors (Lipinski definition) is 1. The molecule has 0 atom stereocenters. The monoisotopic (exact) mass is 391 g/mol. The summed E-state index contributed by atoms with van der Waals surface area (Å²) in [4.78, 5) is 6.13. The number of benzene rings is 1. The Labute approximate surface area is 177 Å². The van der Waals surface area contributed by atoms with Gasteiger partial charge >= 0.3 is 0 Å². The fraction of sp³-hybridized carbons (Fsp3) is 0.385. The summed E-state index contributed by atoms with van der Waals surface area (Å²) in [6, 6.07) is 8.42. The van der Waals surface area contributed by atoms with E-state index < -0.39 is 0 Å². The molecule has 0 radical (unpaired) electrons. The molecule has 0 amide bonds. The first-order chi connectivity index (χ1) is 13.3. The molecule has 0 saturated heterocycles. The lowest BCUT2D eigenvalue weighted by Crippen LogP contribution is -2.17. The molecule has 3 heteroatoms. The van der Waals surface area contributed by atoms with Crippen LogP contribution in [0.25, 0.3) is 11.1 Å². The number of nitrogens with one attached hydrogen (secondary N) is 1. The lowest BCUT2D eigenvalue weighted by Gasteiger charge is -2.25. The van der Waals surface area contributed by atoms with Gasteiger partial charge in [-0.05, 0) is 56.7 Å². The van der Waals surface area contributed by atoms with Crippen LogP contribution in [0, 0.1) is 10.8 Å². The van der Waals surface area contributed by atoms with Crippen LogP contribution >= 0.6 is 0 Å². The van der Waals surface area contributed by atoms with E-state index in [4.69, 9.17) is 5.41 Å². The van der Waals surface area contributed by atoms with Gasteiger partial charge in [0.2, 0.25) is 0 Å². The predicted octanol–water partition coefficient (Wildman–Crippen LogP) is 7.69. The average molecular weight is 392 g/mol. The number of aliphatic imine (C=N–C) groups is 1. The number of rotatable bonds is 4. The summed E-state index contributed by atoms with van der Waals surface area (Å²) in [6.45, 7) is 22.9. The Bertz CT molecular complexity index is 860. The van der Waals surface area contributed by atoms with Crippen molar-refractivity contribution in [1.82, 2.24) is 4.90 Å². The van der Waals surface area contributed by atoms with Crippen LogP contribution in [0.5, 0.6) is 0 Å². The fourth-order valence-electron chi connectivity index (χ4n) is 2.88. The van der Waals surface area contributed by atoms with Gasteiger partial charge in [0.05, 0.1) is 11.9 Å². The van der Waals surface area contributed by atoms with E-state index in [1.165, 1.54) is 5.57 Å². The summed E-state index contributed by atoms with van der Waals surface area (Å²) in [5.41, 5.74) is 8.70. The summed E-state index contributed by atoms with van der Waals surface area (Å²) >= 11 is 0. The summed E-state index contributed by atoms with van der Waals surface area (Å²) in [5.74, 6) is 0. The van der Waals surface area contributed by atoms with Gasteiger partial charge in [-0.2, -0.15) is 0 Å². The van der Waals surface area contributed by atoms with Crippen LogP contribution in [-0.4, -0.2) is 16.8 Å². The molecule has 0 aromatic heterocycles. The highest BCUT2D eigenvalue weighted by Crippen LogP contribution is 2.27. The third-order valence-corrected chi connectivity index (χ3v) is 4.22. The van der Waals surface area contributed by atoms with Crippen molar-refractivity contribution in [2.45, 2.75) is 62.3 Å². The highest BCUT2D eigenvalue weighted by atomic mass is 15.1. The molecular formula is C26H37N3. The highest BCUT2D eigenvalue weighted by molar-refractivity contribution is 6.21. The van der Waals surface area contributed by atoms with Crippen molar-refractivity contribution in [2.24, 2.45) is 10.4 Å². The third kappa shape index (κ3) is 7.69. The van der Waals surface area contributed by atoms with Crippen molar-refractivity contribution in [1.29, 1.82) is 5.41 Å². The number of nitrogens with zero attached hydrogens (tertiary/aromatic N) is 2. The average Bonchev–Trinajstić information content (AvgIpc) is 2.59. The highest BCUT2D eigenvalue weighted by Gasteiger charge is 2.12. The van der Waals surface area contributed by atoms with E-state index in [9.17, 15) is 0 Å². The molecule has 1 aliphatic rings. The van der Waals surface area contributed by atoms with E-state index in [1.54, 1.807) is 12.4 Å². The molecule has 29 heavy (non-hydrogen) atoms. The van der Waals surface area contributed by atoms with E-state index in [0.717, 1.165) is 33.7 Å². The van der Waals surface area contributed by atoms with Crippen molar-refractivity contribution in [3.05, 3.63) is 71.3 Å². The van der Waals surface area contributed by atoms with E-state index >= 15 is 0 Å². The van der Waals surface area contributed by atoms with E-state index in [2.05, 4.69) is 77.4 Å². The number of hydrogen-bond acceptors (Lipinski definition) is 3. The minimum Gasteiger partial charge on any atom is -0.318 e. The molecule has 1 N–H and O–H groups in total.